The molecule has 4 nitrogen and oxygen atoms in total. The minimum Gasteiger partial charge on any atom is -0.481 e. The number of rotatable bonds is 5. The molecule has 0 heterocycles. The molecule has 1 aliphatic carbocycles. The molecule has 1 fully saturated rings. The number of carbonyl (C=O) groups excluding carboxylic acids is 1. The number of aliphatic hydroxyl groups is 1. The lowest BCUT2D eigenvalue weighted by atomic mass is 10.1. The summed E-state index contributed by atoms with van der Waals surface area (Å²) >= 11 is 3.15. The topological polar surface area (TPSA) is 58.6 Å². The molecule has 0 aliphatic heterocycles. The summed E-state index contributed by atoms with van der Waals surface area (Å²) in [7, 11) is 0. The summed E-state index contributed by atoms with van der Waals surface area (Å²) in [6.07, 6.45) is 2.78. The highest BCUT2D eigenvalue weighted by molar-refractivity contribution is 9.10. The maximum atomic E-state index is 13.5. The highest BCUT2D eigenvalue weighted by Gasteiger charge is 2.27. The SMILES string of the molecule is O=C(COc1ccc(Br)cc1F)NC1CCCC1CO. The van der Waals surface area contributed by atoms with Gasteiger partial charge in [0, 0.05) is 23.0 Å². The standard InChI is InChI=1S/C14H17BrFNO3/c15-10-4-5-13(11(16)6-10)20-8-14(19)17-12-3-1-2-9(12)7-18/h4-6,9,12,18H,1-3,7-8H2,(H,17,19). The molecule has 0 radical (unpaired) electrons. The Morgan fingerprint density at radius 3 is 3.00 bits per heavy atom. The van der Waals surface area contributed by atoms with E-state index in [1.165, 1.54) is 12.1 Å². The van der Waals surface area contributed by atoms with Crippen molar-refractivity contribution in [2.24, 2.45) is 5.92 Å². The van der Waals surface area contributed by atoms with E-state index in [0.717, 1.165) is 19.3 Å². The summed E-state index contributed by atoms with van der Waals surface area (Å²) in [5.41, 5.74) is 0. The first-order valence-electron chi connectivity index (χ1n) is 6.58. The van der Waals surface area contributed by atoms with E-state index >= 15 is 0 Å². The third kappa shape index (κ3) is 3.93. The number of amides is 1. The molecule has 1 aliphatic rings. The average Bonchev–Trinajstić information content (AvgIpc) is 2.85. The summed E-state index contributed by atoms with van der Waals surface area (Å²) in [5, 5.41) is 12.0. The molecule has 2 atom stereocenters. The van der Waals surface area contributed by atoms with Crippen LogP contribution in [0.5, 0.6) is 5.75 Å². The predicted octanol–water partition coefficient (Wildman–Crippen LogP) is 2.24. The lowest BCUT2D eigenvalue weighted by molar-refractivity contribution is -0.124. The molecule has 1 saturated carbocycles. The molecule has 1 aromatic rings. The van der Waals surface area contributed by atoms with Crippen LogP contribution in [0.25, 0.3) is 0 Å². The highest BCUT2D eigenvalue weighted by Crippen LogP contribution is 2.25. The van der Waals surface area contributed by atoms with Crippen LogP contribution in [0.4, 0.5) is 4.39 Å². The quantitative estimate of drug-likeness (QED) is 0.860. The van der Waals surface area contributed by atoms with E-state index in [-0.39, 0.29) is 36.8 Å². The predicted molar refractivity (Wildman–Crippen MR) is 76.0 cm³/mol. The fourth-order valence-corrected chi connectivity index (χ4v) is 2.76. The van der Waals surface area contributed by atoms with Crippen LogP contribution in [0.3, 0.4) is 0 Å². The Morgan fingerprint density at radius 2 is 2.30 bits per heavy atom. The zero-order valence-electron chi connectivity index (χ0n) is 10.9. The van der Waals surface area contributed by atoms with Crippen LogP contribution in [-0.2, 0) is 4.79 Å². The van der Waals surface area contributed by atoms with Crippen LogP contribution in [0.15, 0.2) is 22.7 Å². The number of ether oxygens (including phenoxy) is 1. The van der Waals surface area contributed by atoms with Gasteiger partial charge in [-0.25, -0.2) is 4.39 Å². The number of aliphatic hydroxyl groups excluding tert-OH is 1. The molecule has 110 valence electrons. The van der Waals surface area contributed by atoms with Gasteiger partial charge in [-0.1, -0.05) is 22.4 Å². The summed E-state index contributed by atoms with van der Waals surface area (Å²) < 4.78 is 19.3. The fourth-order valence-electron chi connectivity index (χ4n) is 2.43. The lowest BCUT2D eigenvalue weighted by Gasteiger charge is -2.19. The van der Waals surface area contributed by atoms with E-state index in [1.807, 2.05) is 0 Å². The second-order valence-corrected chi connectivity index (χ2v) is 5.83. The van der Waals surface area contributed by atoms with Crippen LogP contribution in [0.2, 0.25) is 0 Å². The third-order valence-electron chi connectivity index (χ3n) is 3.49. The molecule has 0 aromatic heterocycles. The first kappa shape index (κ1) is 15.3. The van der Waals surface area contributed by atoms with Crippen molar-refractivity contribution in [1.82, 2.24) is 5.32 Å². The summed E-state index contributed by atoms with van der Waals surface area (Å²) in [6, 6.07) is 4.39. The molecule has 1 aromatic carbocycles. The van der Waals surface area contributed by atoms with Gasteiger partial charge < -0.3 is 15.2 Å². The van der Waals surface area contributed by atoms with Crippen molar-refractivity contribution in [1.29, 1.82) is 0 Å². The zero-order valence-corrected chi connectivity index (χ0v) is 12.5. The van der Waals surface area contributed by atoms with E-state index in [4.69, 9.17) is 4.74 Å². The smallest absolute Gasteiger partial charge is 0.258 e. The lowest BCUT2D eigenvalue weighted by Crippen LogP contribution is -2.41. The zero-order chi connectivity index (χ0) is 14.5. The largest absolute Gasteiger partial charge is 0.481 e. The third-order valence-corrected chi connectivity index (χ3v) is 3.99. The number of hydrogen-bond acceptors (Lipinski definition) is 3. The van der Waals surface area contributed by atoms with Gasteiger partial charge in [0.05, 0.1) is 0 Å². The number of benzene rings is 1. The van der Waals surface area contributed by atoms with Gasteiger partial charge >= 0.3 is 0 Å². The molecule has 2 rings (SSSR count). The van der Waals surface area contributed by atoms with Crippen LogP contribution in [-0.4, -0.2) is 30.3 Å². The molecule has 0 saturated heterocycles. The first-order valence-corrected chi connectivity index (χ1v) is 7.37. The van der Waals surface area contributed by atoms with Crippen molar-refractivity contribution in [3.05, 3.63) is 28.5 Å². The molecular weight excluding hydrogens is 329 g/mol. The van der Waals surface area contributed by atoms with E-state index < -0.39 is 5.82 Å². The minimum atomic E-state index is -0.513. The number of carbonyl (C=O) groups is 1. The Bertz CT molecular complexity index is 483. The number of halogens is 2. The molecule has 20 heavy (non-hydrogen) atoms. The Hall–Kier alpha value is -1.14. The molecule has 0 spiro atoms. The van der Waals surface area contributed by atoms with Crippen molar-refractivity contribution < 1.29 is 19.0 Å². The van der Waals surface area contributed by atoms with Gasteiger partial charge in [0.25, 0.3) is 5.91 Å². The van der Waals surface area contributed by atoms with E-state index in [0.29, 0.717) is 4.47 Å². The Morgan fingerprint density at radius 1 is 1.50 bits per heavy atom. The van der Waals surface area contributed by atoms with Crippen molar-refractivity contribution in [3.8, 4) is 5.75 Å². The van der Waals surface area contributed by atoms with Gasteiger partial charge in [-0.05, 0) is 31.0 Å². The van der Waals surface area contributed by atoms with Crippen molar-refractivity contribution in [2.45, 2.75) is 25.3 Å². The summed E-state index contributed by atoms with van der Waals surface area (Å²) in [6.45, 7) is -0.152. The van der Waals surface area contributed by atoms with Crippen molar-refractivity contribution in [2.75, 3.05) is 13.2 Å². The van der Waals surface area contributed by atoms with Crippen LogP contribution >= 0.6 is 15.9 Å². The molecule has 1 amide bonds. The highest BCUT2D eigenvalue weighted by atomic mass is 79.9. The molecule has 2 unspecified atom stereocenters. The van der Waals surface area contributed by atoms with Gasteiger partial charge in [0.2, 0.25) is 0 Å². The van der Waals surface area contributed by atoms with E-state index in [9.17, 15) is 14.3 Å². The summed E-state index contributed by atoms with van der Waals surface area (Å²) in [4.78, 5) is 11.8. The second kappa shape index (κ2) is 7.04. The Labute approximate surface area is 125 Å². The van der Waals surface area contributed by atoms with Crippen LogP contribution < -0.4 is 10.1 Å². The van der Waals surface area contributed by atoms with Gasteiger partial charge in [-0.15, -0.1) is 0 Å². The van der Waals surface area contributed by atoms with Crippen LogP contribution in [0.1, 0.15) is 19.3 Å². The molecule has 0 bridgehead atoms. The van der Waals surface area contributed by atoms with Gasteiger partial charge in [-0.3, -0.25) is 4.79 Å². The number of nitrogens with one attached hydrogen (secondary N) is 1. The normalized spacial score (nSPS) is 21.8. The van der Waals surface area contributed by atoms with Gasteiger partial charge in [-0.2, -0.15) is 0 Å². The monoisotopic (exact) mass is 345 g/mol. The number of hydrogen-bond donors (Lipinski definition) is 2. The Balaban J connectivity index is 1.83. The first-order chi connectivity index (χ1) is 9.60. The van der Waals surface area contributed by atoms with Crippen molar-refractivity contribution >= 4 is 21.8 Å². The van der Waals surface area contributed by atoms with E-state index in [1.54, 1.807) is 6.07 Å². The summed E-state index contributed by atoms with van der Waals surface area (Å²) in [5.74, 6) is -0.643. The molecular formula is C14H17BrFNO3. The van der Waals surface area contributed by atoms with E-state index in [2.05, 4.69) is 21.2 Å². The van der Waals surface area contributed by atoms with Gasteiger partial charge in [0.1, 0.15) is 0 Å². The Kier molecular flexibility index (Phi) is 5.37. The molecule has 6 heteroatoms. The maximum Gasteiger partial charge on any atom is 0.258 e. The van der Waals surface area contributed by atoms with Crippen LogP contribution in [0, 0.1) is 11.7 Å². The fraction of sp³-hybridized carbons (Fsp3) is 0.500. The average molecular weight is 346 g/mol. The van der Waals surface area contributed by atoms with Gasteiger partial charge in [0.15, 0.2) is 18.2 Å². The second-order valence-electron chi connectivity index (χ2n) is 4.91. The van der Waals surface area contributed by atoms with Crippen molar-refractivity contribution in [3.63, 3.8) is 0 Å². The maximum absolute atomic E-state index is 13.5. The minimum absolute atomic E-state index is 0.00846. The molecule has 2 N–H and O–H groups in total.